The first-order valence-corrected chi connectivity index (χ1v) is 8.19. The van der Waals surface area contributed by atoms with Crippen molar-refractivity contribution in [3.05, 3.63) is 28.8 Å². The van der Waals surface area contributed by atoms with Gasteiger partial charge in [0.1, 0.15) is 0 Å². The van der Waals surface area contributed by atoms with Gasteiger partial charge in [0.05, 0.1) is 11.5 Å². The van der Waals surface area contributed by atoms with E-state index >= 15 is 0 Å². The lowest BCUT2D eigenvalue weighted by Crippen LogP contribution is -2.33. The second kappa shape index (κ2) is 7.17. The van der Waals surface area contributed by atoms with Crippen molar-refractivity contribution in [2.24, 2.45) is 0 Å². The molecule has 0 unspecified atom stereocenters. The van der Waals surface area contributed by atoms with Gasteiger partial charge in [0, 0.05) is 13.1 Å². The number of benzene rings is 1. The van der Waals surface area contributed by atoms with Crippen LogP contribution in [0.3, 0.4) is 0 Å². The number of nitrogens with one attached hydrogen (secondary N) is 1. The highest BCUT2D eigenvalue weighted by molar-refractivity contribution is 7.89. The molecule has 0 aliphatic carbocycles. The van der Waals surface area contributed by atoms with Crippen molar-refractivity contribution in [2.75, 3.05) is 26.7 Å². The van der Waals surface area contributed by atoms with Gasteiger partial charge in [-0.2, -0.15) is 0 Å². The largest absolute Gasteiger partial charge is 0.392 e. The second-order valence-electron chi connectivity index (χ2n) is 4.99. The lowest BCUT2D eigenvalue weighted by Gasteiger charge is -2.16. The van der Waals surface area contributed by atoms with Crippen LogP contribution in [0.25, 0.3) is 0 Å². The molecular formula is C14H24N2O3S. The van der Waals surface area contributed by atoms with Gasteiger partial charge in [0.15, 0.2) is 0 Å². The monoisotopic (exact) mass is 300 g/mol. The lowest BCUT2D eigenvalue weighted by atomic mass is 10.1. The summed E-state index contributed by atoms with van der Waals surface area (Å²) in [4.78, 5) is 2.28. The number of aryl methyl sites for hydroxylation is 1. The summed E-state index contributed by atoms with van der Waals surface area (Å²) in [6.45, 7) is 7.39. The first-order chi connectivity index (χ1) is 9.31. The molecule has 114 valence electrons. The maximum atomic E-state index is 12.3. The van der Waals surface area contributed by atoms with E-state index in [4.69, 9.17) is 0 Å². The fourth-order valence-electron chi connectivity index (χ4n) is 1.88. The Morgan fingerprint density at radius 2 is 1.95 bits per heavy atom. The number of likely N-dealkylation sites (N-methyl/N-ethyl adjacent to an activating group) is 1. The van der Waals surface area contributed by atoms with Crippen molar-refractivity contribution in [3.8, 4) is 0 Å². The Morgan fingerprint density at radius 3 is 2.50 bits per heavy atom. The Labute approximate surface area is 121 Å². The molecule has 0 aliphatic rings. The van der Waals surface area contributed by atoms with Crippen molar-refractivity contribution in [1.29, 1.82) is 0 Å². The van der Waals surface area contributed by atoms with E-state index in [0.29, 0.717) is 18.7 Å². The van der Waals surface area contributed by atoms with Gasteiger partial charge in [0.25, 0.3) is 0 Å². The zero-order valence-electron chi connectivity index (χ0n) is 12.6. The van der Waals surface area contributed by atoms with Crippen LogP contribution >= 0.6 is 0 Å². The summed E-state index contributed by atoms with van der Waals surface area (Å²) < 4.78 is 27.3. The minimum atomic E-state index is -3.54. The number of hydrogen-bond donors (Lipinski definition) is 2. The van der Waals surface area contributed by atoms with Crippen LogP contribution in [0.2, 0.25) is 0 Å². The molecule has 0 saturated carbocycles. The minimum Gasteiger partial charge on any atom is -0.392 e. The van der Waals surface area contributed by atoms with Gasteiger partial charge >= 0.3 is 0 Å². The summed E-state index contributed by atoms with van der Waals surface area (Å²) in [6, 6.07) is 3.34. The molecule has 0 aliphatic heterocycles. The second-order valence-corrected chi connectivity index (χ2v) is 6.72. The number of nitrogens with zero attached hydrogens (tertiary/aromatic N) is 1. The van der Waals surface area contributed by atoms with Crippen LogP contribution in [0.1, 0.15) is 23.6 Å². The minimum absolute atomic E-state index is 0.164. The Kier molecular flexibility index (Phi) is 6.13. The summed E-state index contributed by atoms with van der Waals surface area (Å²) in [6.07, 6.45) is 0. The van der Waals surface area contributed by atoms with Gasteiger partial charge in [-0.3, -0.25) is 0 Å². The maximum absolute atomic E-state index is 12.3. The van der Waals surface area contributed by atoms with Crippen LogP contribution in [0.4, 0.5) is 0 Å². The van der Waals surface area contributed by atoms with Crippen LogP contribution < -0.4 is 4.72 Å². The molecule has 0 radical (unpaired) electrons. The van der Waals surface area contributed by atoms with E-state index in [2.05, 4.69) is 4.72 Å². The predicted molar refractivity (Wildman–Crippen MR) is 80.2 cm³/mol. The zero-order chi connectivity index (χ0) is 15.3. The van der Waals surface area contributed by atoms with Crippen LogP contribution in [0.5, 0.6) is 0 Å². The fraction of sp³-hybridized carbons (Fsp3) is 0.571. The molecule has 0 atom stereocenters. The molecule has 0 saturated heterocycles. The van der Waals surface area contributed by atoms with Crippen molar-refractivity contribution in [2.45, 2.75) is 32.3 Å². The molecule has 1 aromatic rings. The third-order valence-corrected chi connectivity index (χ3v) is 5.06. The quantitative estimate of drug-likeness (QED) is 0.789. The van der Waals surface area contributed by atoms with E-state index in [-0.39, 0.29) is 11.5 Å². The van der Waals surface area contributed by atoms with Gasteiger partial charge in [-0.05, 0) is 50.2 Å². The summed E-state index contributed by atoms with van der Waals surface area (Å²) in [5.74, 6) is 0. The topological polar surface area (TPSA) is 69.6 Å². The molecule has 0 spiro atoms. The van der Waals surface area contributed by atoms with Crippen molar-refractivity contribution in [1.82, 2.24) is 9.62 Å². The van der Waals surface area contributed by atoms with Gasteiger partial charge in [-0.1, -0.05) is 13.0 Å². The van der Waals surface area contributed by atoms with Crippen molar-refractivity contribution >= 4 is 10.0 Å². The Hall–Kier alpha value is -0.950. The van der Waals surface area contributed by atoms with E-state index in [1.807, 2.05) is 25.8 Å². The van der Waals surface area contributed by atoms with Crippen LogP contribution in [-0.4, -0.2) is 45.1 Å². The highest BCUT2D eigenvalue weighted by Gasteiger charge is 2.18. The van der Waals surface area contributed by atoms with E-state index < -0.39 is 10.0 Å². The number of rotatable bonds is 7. The van der Waals surface area contributed by atoms with Crippen LogP contribution in [0, 0.1) is 13.8 Å². The smallest absolute Gasteiger partial charge is 0.240 e. The normalized spacial score (nSPS) is 12.1. The maximum Gasteiger partial charge on any atom is 0.240 e. The molecule has 0 heterocycles. The molecule has 20 heavy (non-hydrogen) atoms. The average Bonchev–Trinajstić information content (AvgIpc) is 2.40. The first kappa shape index (κ1) is 17.1. The molecule has 0 bridgehead atoms. The Bertz CT molecular complexity index is 556. The standard InChI is InChI=1S/C14H24N2O3S/c1-5-16(4)7-6-15-20(18,19)14-9-13(10-17)8-11(2)12(14)3/h8-9,15,17H,5-7,10H2,1-4H3. The Morgan fingerprint density at radius 1 is 1.30 bits per heavy atom. The van der Waals surface area contributed by atoms with Crippen LogP contribution in [0.15, 0.2) is 17.0 Å². The number of hydrogen-bond acceptors (Lipinski definition) is 4. The molecule has 0 fully saturated rings. The molecule has 0 amide bonds. The first-order valence-electron chi connectivity index (χ1n) is 6.71. The van der Waals surface area contributed by atoms with Gasteiger partial charge < -0.3 is 10.0 Å². The summed E-state index contributed by atoms with van der Waals surface area (Å²) in [5.41, 5.74) is 2.19. The number of aliphatic hydroxyl groups excluding tert-OH is 1. The van der Waals surface area contributed by atoms with Crippen LogP contribution in [-0.2, 0) is 16.6 Å². The SMILES string of the molecule is CCN(C)CCNS(=O)(=O)c1cc(CO)cc(C)c1C. The summed E-state index contributed by atoms with van der Waals surface area (Å²) in [5, 5.41) is 9.20. The molecule has 1 aromatic carbocycles. The third kappa shape index (κ3) is 4.28. The molecule has 2 N–H and O–H groups in total. The molecule has 0 aromatic heterocycles. The molecular weight excluding hydrogens is 276 g/mol. The highest BCUT2D eigenvalue weighted by atomic mass is 32.2. The lowest BCUT2D eigenvalue weighted by molar-refractivity contribution is 0.281. The van der Waals surface area contributed by atoms with E-state index in [1.165, 1.54) is 6.07 Å². The number of sulfonamides is 1. The predicted octanol–water partition coefficient (Wildman–Crippen LogP) is 1.03. The van der Waals surface area contributed by atoms with Gasteiger partial charge in [-0.25, -0.2) is 13.1 Å². The van der Waals surface area contributed by atoms with E-state index in [9.17, 15) is 13.5 Å². The summed E-state index contributed by atoms with van der Waals surface area (Å²) in [7, 11) is -1.60. The third-order valence-electron chi connectivity index (χ3n) is 3.48. The highest BCUT2D eigenvalue weighted by Crippen LogP contribution is 2.21. The van der Waals surface area contributed by atoms with Crippen molar-refractivity contribution < 1.29 is 13.5 Å². The van der Waals surface area contributed by atoms with E-state index in [1.54, 1.807) is 13.0 Å². The number of aliphatic hydroxyl groups is 1. The molecule has 6 heteroatoms. The summed E-state index contributed by atoms with van der Waals surface area (Å²) >= 11 is 0. The van der Waals surface area contributed by atoms with E-state index in [0.717, 1.165) is 17.7 Å². The Balaban J connectivity index is 2.95. The fourth-order valence-corrected chi connectivity index (χ4v) is 3.26. The molecule has 1 rings (SSSR count). The average molecular weight is 300 g/mol. The van der Waals surface area contributed by atoms with Gasteiger partial charge in [-0.15, -0.1) is 0 Å². The molecule has 5 nitrogen and oxygen atoms in total. The van der Waals surface area contributed by atoms with Crippen molar-refractivity contribution in [3.63, 3.8) is 0 Å². The zero-order valence-corrected chi connectivity index (χ0v) is 13.4. The van der Waals surface area contributed by atoms with Gasteiger partial charge in [0.2, 0.25) is 10.0 Å².